The summed E-state index contributed by atoms with van der Waals surface area (Å²) < 4.78 is 37.3. The lowest BCUT2D eigenvalue weighted by molar-refractivity contribution is -0.141. The van der Waals surface area contributed by atoms with Gasteiger partial charge >= 0.3 is 6.18 Å². The van der Waals surface area contributed by atoms with E-state index in [2.05, 4.69) is 10.3 Å². The van der Waals surface area contributed by atoms with Gasteiger partial charge in [-0.05, 0) is 26.0 Å². The van der Waals surface area contributed by atoms with Crippen molar-refractivity contribution in [2.24, 2.45) is 0 Å². The Morgan fingerprint density at radius 2 is 2.10 bits per heavy atom. The second-order valence-electron chi connectivity index (χ2n) is 5.38. The molecule has 1 aromatic rings. The fourth-order valence-corrected chi connectivity index (χ4v) is 2.20. The van der Waals surface area contributed by atoms with Gasteiger partial charge in [-0.25, -0.2) is 0 Å². The van der Waals surface area contributed by atoms with E-state index in [1.807, 2.05) is 13.8 Å². The van der Waals surface area contributed by atoms with Crippen LogP contribution in [0.1, 0.15) is 29.9 Å². The summed E-state index contributed by atoms with van der Waals surface area (Å²) in [6.45, 7) is 5.66. The summed E-state index contributed by atoms with van der Waals surface area (Å²) in [5.74, 6) is -0.294. The number of nitrogens with zero attached hydrogens (tertiary/aromatic N) is 2. The molecular weight excluding hydrogens is 271 g/mol. The van der Waals surface area contributed by atoms with Crippen LogP contribution in [0.4, 0.5) is 13.2 Å². The second-order valence-corrected chi connectivity index (χ2v) is 5.38. The molecule has 1 N–H and O–H groups in total. The van der Waals surface area contributed by atoms with Gasteiger partial charge in [0.15, 0.2) is 0 Å². The SMILES string of the molecule is CC1(C)CNCCN1C(=O)c1ccc(C(F)(F)F)nc1. The molecule has 0 bridgehead atoms. The molecule has 20 heavy (non-hydrogen) atoms. The summed E-state index contributed by atoms with van der Waals surface area (Å²) in [5, 5.41) is 3.18. The molecule has 0 aromatic carbocycles. The first-order valence-corrected chi connectivity index (χ1v) is 6.28. The molecule has 1 aliphatic heterocycles. The van der Waals surface area contributed by atoms with Crippen LogP contribution in [0.25, 0.3) is 0 Å². The number of pyridine rings is 1. The van der Waals surface area contributed by atoms with Gasteiger partial charge in [0.1, 0.15) is 5.69 Å². The molecule has 0 spiro atoms. The highest BCUT2D eigenvalue weighted by Gasteiger charge is 2.35. The molecule has 0 aliphatic carbocycles. The largest absolute Gasteiger partial charge is 0.433 e. The maximum atomic E-state index is 12.4. The third kappa shape index (κ3) is 2.92. The lowest BCUT2D eigenvalue weighted by Crippen LogP contribution is -2.59. The Morgan fingerprint density at radius 1 is 1.40 bits per heavy atom. The number of piperazine rings is 1. The Bertz CT molecular complexity index is 497. The zero-order chi connectivity index (χ0) is 15.0. The maximum Gasteiger partial charge on any atom is 0.433 e. The number of aromatic nitrogens is 1. The number of amides is 1. The van der Waals surface area contributed by atoms with Crippen molar-refractivity contribution in [3.05, 3.63) is 29.6 Å². The molecule has 2 heterocycles. The average molecular weight is 287 g/mol. The smallest absolute Gasteiger partial charge is 0.331 e. The van der Waals surface area contributed by atoms with Gasteiger partial charge in [0.05, 0.1) is 11.1 Å². The normalized spacial score (nSPS) is 18.9. The monoisotopic (exact) mass is 287 g/mol. The zero-order valence-electron chi connectivity index (χ0n) is 11.3. The molecule has 1 aliphatic rings. The highest BCUT2D eigenvalue weighted by Crippen LogP contribution is 2.27. The van der Waals surface area contributed by atoms with Crippen LogP contribution in [-0.4, -0.2) is 41.0 Å². The molecule has 0 atom stereocenters. The Morgan fingerprint density at radius 3 is 2.60 bits per heavy atom. The van der Waals surface area contributed by atoms with E-state index in [1.165, 1.54) is 6.07 Å². The predicted molar refractivity (Wildman–Crippen MR) is 67.2 cm³/mol. The van der Waals surface area contributed by atoms with Gasteiger partial charge in [-0.1, -0.05) is 0 Å². The molecule has 0 saturated carbocycles. The maximum absolute atomic E-state index is 12.4. The fraction of sp³-hybridized carbons (Fsp3) is 0.538. The van der Waals surface area contributed by atoms with Crippen molar-refractivity contribution in [1.29, 1.82) is 0 Å². The van der Waals surface area contributed by atoms with Crippen molar-refractivity contribution in [3.63, 3.8) is 0 Å². The van der Waals surface area contributed by atoms with Crippen LogP contribution in [0, 0.1) is 0 Å². The number of rotatable bonds is 1. The van der Waals surface area contributed by atoms with Gasteiger partial charge in [0.25, 0.3) is 5.91 Å². The lowest BCUT2D eigenvalue weighted by atomic mass is 9.99. The number of nitrogens with one attached hydrogen (secondary N) is 1. The van der Waals surface area contributed by atoms with E-state index in [9.17, 15) is 18.0 Å². The minimum Gasteiger partial charge on any atom is -0.331 e. The Kier molecular flexibility index (Phi) is 3.73. The third-order valence-electron chi connectivity index (χ3n) is 3.35. The van der Waals surface area contributed by atoms with Gasteiger partial charge in [-0.15, -0.1) is 0 Å². The lowest BCUT2D eigenvalue weighted by Gasteiger charge is -2.42. The topological polar surface area (TPSA) is 45.2 Å². The van der Waals surface area contributed by atoms with Gasteiger partial charge in [0.2, 0.25) is 0 Å². The van der Waals surface area contributed by atoms with E-state index in [4.69, 9.17) is 0 Å². The summed E-state index contributed by atoms with van der Waals surface area (Å²) in [7, 11) is 0. The van der Waals surface area contributed by atoms with Gasteiger partial charge in [-0.3, -0.25) is 9.78 Å². The van der Waals surface area contributed by atoms with Crippen molar-refractivity contribution in [3.8, 4) is 0 Å². The minimum atomic E-state index is -4.49. The number of alkyl halides is 3. The van der Waals surface area contributed by atoms with Crippen LogP contribution in [-0.2, 0) is 6.18 Å². The second kappa shape index (κ2) is 5.05. The number of carbonyl (C=O) groups excluding carboxylic acids is 1. The molecule has 0 unspecified atom stereocenters. The molecule has 1 saturated heterocycles. The van der Waals surface area contributed by atoms with E-state index in [0.717, 1.165) is 12.3 Å². The van der Waals surface area contributed by atoms with Crippen molar-refractivity contribution in [1.82, 2.24) is 15.2 Å². The molecule has 7 heteroatoms. The quantitative estimate of drug-likeness (QED) is 0.858. The summed E-state index contributed by atoms with van der Waals surface area (Å²) in [6.07, 6.45) is -3.50. The molecular formula is C13H16F3N3O. The van der Waals surface area contributed by atoms with E-state index in [1.54, 1.807) is 4.90 Å². The first-order valence-electron chi connectivity index (χ1n) is 6.28. The summed E-state index contributed by atoms with van der Waals surface area (Å²) >= 11 is 0. The Balaban J connectivity index is 2.21. The first-order chi connectivity index (χ1) is 9.22. The molecule has 0 radical (unpaired) electrons. The molecule has 110 valence electrons. The minimum absolute atomic E-state index is 0.174. The zero-order valence-corrected chi connectivity index (χ0v) is 11.3. The highest BCUT2D eigenvalue weighted by molar-refractivity contribution is 5.94. The predicted octanol–water partition coefficient (Wildman–Crippen LogP) is 1.92. The molecule has 1 fully saturated rings. The average Bonchev–Trinajstić information content (AvgIpc) is 2.36. The van der Waals surface area contributed by atoms with Crippen LogP contribution in [0.15, 0.2) is 18.3 Å². The van der Waals surface area contributed by atoms with E-state index >= 15 is 0 Å². The summed E-state index contributed by atoms with van der Waals surface area (Å²) in [6, 6.07) is 2.01. The van der Waals surface area contributed by atoms with Gasteiger partial charge in [0, 0.05) is 25.8 Å². The Hall–Kier alpha value is -1.63. The molecule has 4 nitrogen and oxygen atoms in total. The molecule has 2 rings (SSSR count). The number of carbonyl (C=O) groups is 1. The van der Waals surface area contributed by atoms with Gasteiger partial charge < -0.3 is 10.2 Å². The van der Waals surface area contributed by atoms with E-state index in [0.29, 0.717) is 19.6 Å². The van der Waals surface area contributed by atoms with Crippen molar-refractivity contribution in [2.45, 2.75) is 25.6 Å². The van der Waals surface area contributed by atoms with Crippen LogP contribution >= 0.6 is 0 Å². The van der Waals surface area contributed by atoms with Crippen LogP contribution < -0.4 is 5.32 Å². The van der Waals surface area contributed by atoms with Crippen molar-refractivity contribution in [2.75, 3.05) is 19.6 Å². The van der Waals surface area contributed by atoms with E-state index < -0.39 is 11.9 Å². The number of hydrogen-bond acceptors (Lipinski definition) is 3. The number of halogens is 3. The van der Waals surface area contributed by atoms with Crippen molar-refractivity contribution < 1.29 is 18.0 Å². The standard InChI is InChI=1S/C13H16F3N3O/c1-12(2)8-17-5-6-19(12)11(20)9-3-4-10(18-7-9)13(14,15)16/h3-4,7,17H,5-6,8H2,1-2H3. The molecule has 1 aromatic heterocycles. The summed E-state index contributed by atoms with van der Waals surface area (Å²) in [4.78, 5) is 17.3. The number of hydrogen-bond donors (Lipinski definition) is 1. The van der Waals surface area contributed by atoms with Crippen LogP contribution in [0.2, 0.25) is 0 Å². The fourth-order valence-electron chi connectivity index (χ4n) is 2.20. The van der Waals surface area contributed by atoms with Gasteiger partial charge in [-0.2, -0.15) is 13.2 Å². The third-order valence-corrected chi connectivity index (χ3v) is 3.35. The van der Waals surface area contributed by atoms with Crippen molar-refractivity contribution >= 4 is 5.91 Å². The van der Waals surface area contributed by atoms with Crippen LogP contribution in [0.3, 0.4) is 0 Å². The van der Waals surface area contributed by atoms with E-state index in [-0.39, 0.29) is 17.0 Å². The summed E-state index contributed by atoms with van der Waals surface area (Å²) in [5.41, 5.74) is -1.19. The molecule has 1 amide bonds. The highest BCUT2D eigenvalue weighted by atomic mass is 19.4. The Labute approximate surface area is 115 Å². The van der Waals surface area contributed by atoms with Crippen LogP contribution in [0.5, 0.6) is 0 Å². The first kappa shape index (κ1) is 14.8.